The fourth-order valence-electron chi connectivity index (χ4n) is 1.91. The first-order valence-corrected chi connectivity index (χ1v) is 8.51. The lowest BCUT2D eigenvalue weighted by atomic mass is 9.99. The first kappa shape index (κ1) is 14.7. The summed E-state index contributed by atoms with van der Waals surface area (Å²) in [6.07, 6.45) is 0.287. The van der Waals surface area contributed by atoms with Gasteiger partial charge in [0.05, 0.1) is 0 Å². The molecule has 0 aliphatic carbocycles. The Morgan fingerprint density at radius 3 is 2.06 bits per heavy atom. The highest BCUT2D eigenvalue weighted by atomic mass is 32.1. The summed E-state index contributed by atoms with van der Waals surface area (Å²) in [5.41, 5.74) is 0. The van der Waals surface area contributed by atoms with Crippen LogP contribution in [-0.4, -0.2) is 43.3 Å². The third kappa shape index (κ3) is 3.55. The first-order valence-electron chi connectivity index (χ1n) is 4.63. The molecular weight excluding hydrogens is 276 g/mol. The molecule has 1 fully saturated rings. The number of rotatable bonds is 3. The molecule has 5 N–H and O–H groups in total. The van der Waals surface area contributed by atoms with E-state index in [0.29, 0.717) is 13.1 Å². The van der Waals surface area contributed by atoms with Gasteiger partial charge < -0.3 is 24.9 Å². The molecular formula is C6H15NO6P2S. The fraction of sp³-hybridized carbons (Fsp3) is 1.00. The van der Waals surface area contributed by atoms with E-state index in [1.165, 1.54) is 0 Å². The van der Waals surface area contributed by atoms with Gasteiger partial charge in [-0.2, -0.15) is 12.6 Å². The van der Waals surface area contributed by atoms with Crippen molar-refractivity contribution in [3.05, 3.63) is 0 Å². The smallest absolute Gasteiger partial charge is 0.324 e. The van der Waals surface area contributed by atoms with Crippen LogP contribution in [0.2, 0.25) is 0 Å². The topological polar surface area (TPSA) is 127 Å². The Morgan fingerprint density at radius 2 is 1.69 bits per heavy atom. The van der Waals surface area contributed by atoms with Gasteiger partial charge in [0.15, 0.2) is 5.40 Å². The number of thiol groups is 1. The van der Waals surface area contributed by atoms with Crippen molar-refractivity contribution >= 4 is 27.8 Å². The van der Waals surface area contributed by atoms with Crippen molar-refractivity contribution in [3.8, 4) is 0 Å². The molecule has 0 aromatic rings. The van der Waals surface area contributed by atoms with Gasteiger partial charge in [0.2, 0.25) is 0 Å². The van der Waals surface area contributed by atoms with Gasteiger partial charge in [-0.25, -0.2) is 0 Å². The molecule has 1 saturated heterocycles. The van der Waals surface area contributed by atoms with Gasteiger partial charge in [-0.3, -0.25) is 9.13 Å². The normalized spacial score (nSPS) is 28.4. The Hall–Kier alpha value is 0.610. The van der Waals surface area contributed by atoms with Crippen molar-refractivity contribution in [1.82, 2.24) is 5.32 Å². The minimum atomic E-state index is -4.84. The number of piperidine rings is 1. The van der Waals surface area contributed by atoms with Crippen molar-refractivity contribution in [2.24, 2.45) is 5.92 Å². The molecule has 1 rings (SSSR count). The van der Waals surface area contributed by atoms with Gasteiger partial charge >= 0.3 is 15.2 Å². The standard InChI is InChI=1S/C6H15NO6P2S/c8-14(9,10)6(15(11,12)13)4-1-2-7-3-5(4)16/h4-7,16H,1-3H2,(H2,8,9,10)(H2,11,12,13). The third-order valence-electron chi connectivity index (χ3n) is 2.57. The second-order valence-electron chi connectivity index (χ2n) is 3.82. The van der Waals surface area contributed by atoms with E-state index in [-0.39, 0.29) is 6.42 Å². The van der Waals surface area contributed by atoms with Crippen LogP contribution < -0.4 is 5.32 Å². The SMILES string of the molecule is O=P(O)(O)C(C1CCNCC1S)P(=O)(O)O. The van der Waals surface area contributed by atoms with E-state index >= 15 is 0 Å². The predicted octanol–water partition coefficient (Wildman–Crippen LogP) is -0.424. The molecule has 0 amide bonds. The molecule has 7 nitrogen and oxygen atoms in total. The Bertz CT molecular complexity index is 318. The van der Waals surface area contributed by atoms with Crippen LogP contribution in [0.15, 0.2) is 0 Å². The van der Waals surface area contributed by atoms with Crippen molar-refractivity contribution in [1.29, 1.82) is 0 Å². The zero-order valence-electron chi connectivity index (χ0n) is 8.30. The number of hydrogen-bond donors (Lipinski definition) is 6. The molecule has 0 spiro atoms. The maximum Gasteiger partial charge on any atom is 0.341 e. The molecule has 0 aromatic carbocycles. The van der Waals surface area contributed by atoms with E-state index in [0.717, 1.165) is 0 Å². The average molecular weight is 291 g/mol. The van der Waals surface area contributed by atoms with Gasteiger partial charge in [0.1, 0.15) is 0 Å². The van der Waals surface area contributed by atoms with Crippen LogP contribution in [-0.2, 0) is 9.13 Å². The van der Waals surface area contributed by atoms with Gasteiger partial charge in [-0.05, 0) is 18.9 Å². The molecule has 2 unspecified atom stereocenters. The third-order valence-corrected chi connectivity index (χ3v) is 7.09. The molecule has 0 saturated carbocycles. The highest BCUT2D eigenvalue weighted by Gasteiger charge is 2.50. The lowest BCUT2D eigenvalue weighted by Crippen LogP contribution is -2.42. The largest absolute Gasteiger partial charge is 0.341 e. The number of hydrogen-bond acceptors (Lipinski definition) is 4. The summed E-state index contributed by atoms with van der Waals surface area (Å²) < 4.78 is 22.3. The maximum atomic E-state index is 11.2. The summed E-state index contributed by atoms with van der Waals surface area (Å²) in [5.74, 6) is -0.786. The van der Waals surface area contributed by atoms with Crippen molar-refractivity contribution < 1.29 is 28.7 Å². The van der Waals surface area contributed by atoms with Gasteiger partial charge in [-0.15, -0.1) is 0 Å². The van der Waals surface area contributed by atoms with Crippen molar-refractivity contribution in [3.63, 3.8) is 0 Å². The van der Waals surface area contributed by atoms with E-state index in [1.807, 2.05) is 0 Å². The molecule has 0 bridgehead atoms. The Balaban J connectivity index is 3.02. The zero-order chi connectivity index (χ0) is 12.6. The fourth-order valence-corrected chi connectivity index (χ4v) is 5.91. The van der Waals surface area contributed by atoms with Crippen LogP contribution in [0.3, 0.4) is 0 Å². The van der Waals surface area contributed by atoms with Crippen LogP contribution in [0.5, 0.6) is 0 Å². The van der Waals surface area contributed by atoms with E-state index in [2.05, 4.69) is 17.9 Å². The predicted molar refractivity (Wildman–Crippen MR) is 61.6 cm³/mol. The summed E-state index contributed by atoms with van der Waals surface area (Å²) in [6.45, 7) is 0.850. The quantitative estimate of drug-likeness (QED) is 0.308. The molecule has 1 aliphatic rings. The Morgan fingerprint density at radius 1 is 1.19 bits per heavy atom. The highest BCUT2D eigenvalue weighted by molar-refractivity contribution is 7.81. The Kier molecular flexibility index (Phi) is 4.66. The van der Waals surface area contributed by atoms with E-state index in [4.69, 9.17) is 19.6 Å². The molecule has 16 heavy (non-hydrogen) atoms. The van der Waals surface area contributed by atoms with Gasteiger partial charge in [0, 0.05) is 11.8 Å². The van der Waals surface area contributed by atoms with Crippen LogP contribution in [0, 0.1) is 5.92 Å². The van der Waals surface area contributed by atoms with Crippen LogP contribution in [0.1, 0.15) is 6.42 Å². The summed E-state index contributed by atoms with van der Waals surface area (Å²) in [6, 6.07) is 0. The second kappa shape index (κ2) is 5.08. The molecule has 1 heterocycles. The summed E-state index contributed by atoms with van der Waals surface area (Å²) >= 11 is 4.11. The van der Waals surface area contributed by atoms with E-state index in [1.54, 1.807) is 0 Å². The van der Waals surface area contributed by atoms with Crippen LogP contribution in [0.25, 0.3) is 0 Å². The van der Waals surface area contributed by atoms with Crippen molar-refractivity contribution in [2.45, 2.75) is 17.1 Å². The van der Waals surface area contributed by atoms with Crippen molar-refractivity contribution in [2.75, 3.05) is 13.1 Å². The van der Waals surface area contributed by atoms with Gasteiger partial charge in [0.25, 0.3) is 0 Å². The molecule has 96 valence electrons. The van der Waals surface area contributed by atoms with Crippen LogP contribution in [0.4, 0.5) is 0 Å². The molecule has 10 heteroatoms. The van der Waals surface area contributed by atoms with Crippen LogP contribution >= 0.6 is 27.8 Å². The lowest BCUT2D eigenvalue weighted by molar-refractivity contribution is 0.296. The maximum absolute atomic E-state index is 11.2. The Labute approximate surface area is 98.4 Å². The zero-order valence-corrected chi connectivity index (χ0v) is 11.0. The summed E-state index contributed by atoms with van der Waals surface area (Å²) in [5, 5.41) is 0.527. The monoisotopic (exact) mass is 291 g/mol. The molecule has 0 radical (unpaired) electrons. The number of nitrogens with one attached hydrogen (secondary N) is 1. The first-order chi connectivity index (χ1) is 7.14. The van der Waals surface area contributed by atoms with Gasteiger partial charge in [-0.1, -0.05) is 0 Å². The lowest BCUT2D eigenvalue weighted by Gasteiger charge is -2.35. The van der Waals surface area contributed by atoms with E-state index < -0.39 is 31.8 Å². The van der Waals surface area contributed by atoms with E-state index in [9.17, 15) is 9.13 Å². The molecule has 0 aromatic heterocycles. The summed E-state index contributed by atoms with van der Waals surface area (Å²) in [7, 11) is -9.69. The second-order valence-corrected chi connectivity index (χ2v) is 8.36. The molecule has 1 aliphatic heterocycles. The summed E-state index contributed by atoms with van der Waals surface area (Å²) in [4.78, 5) is 36.2. The minimum Gasteiger partial charge on any atom is -0.324 e. The molecule has 2 atom stereocenters. The average Bonchev–Trinajstić information content (AvgIpc) is 2.03. The minimum absolute atomic E-state index is 0.287. The highest BCUT2D eigenvalue weighted by Crippen LogP contribution is 2.64.